The van der Waals surface area contributed by atoms with Crippen molar-refractivity contribution in [2.45, 2.75) is 68.7 Å². The summed E-state index contributed by atoms with van der Waals surface area (Å²) in [7, 11) is 2.19. The predicted octanol–water partition coefficient (Wildman–Crippen LogP) is 3.19. The fourth-order valence-corrected chi connectivity index (χ4v) is 4.51. The quantitative estimate of drug-likeness (QED) is 0.686. The molecular formula is C20H28N6OS. The molecule has 28 heavy (non-hydrogen) atoms. The molecule has 1 aromatic heterocycles. The summed E-state index contributed by atoms with van der Waals surface area (Å²) in [5.74, 6) is 0.328. The summed E-state index contributed by atoms with van der Waals surface area (Å²) < 4.78 is 1.83. The number of aromatic nitrogens is 4. The molecule has 1 amide bonds. The van der Waals surface area contributed by atoms with Crippen molar-refractivity contribution >= 4 is 23.4 Å². The van der Waals surface area contributed by atoms with Crippen LogP contribution in [0.4, 0.5) is 5.69 Å². The van der Waals surface area contributed by atoms with E-state index in [1.165, 1.54) is 49.6 Å². The molecule has 4 rings (SSSR count). The zero-order chi connectivity index (χ0) is 19.3. The van der Waals surface area contributed by atoms with Crippen molar-refractivity contribution in [3.8, 4) is 0 Å². The van der Waals surface area contributed by atoms with Crippen molar-refractivity contribution in [2.75, 3.05) is 17.7 Å². The Labute approximate surface area is 170 Å². The topological polar surface area (TPSA) is 75.9 Å². The maximum absolute atomic E-state index is 12.2. The van der Waals surface area contributed by atoms with Crippen LogP contribution in [0.15, 0.2) is 29.4 Å². The lowest BCUT2D eigenvalue weighted by atomic mass is 9.94. The van der Waals surface area contributed by atoms with Gasteiger partial charge in [0.25, 0.3) is 0 Å². The fourth-order valence-electron chi connectivity index (χ4n) is 3.74. The second-order valence-electron chi connectivity index (χ2n) is 7.77. The molecule has 1 heterocycles. The molecule has 7 nitrogen and oxygen atoms in total. The Hall–Kier alpha value is -2.09. The highest BCUT2D eigenvalue weighted by Gasteiger charge is 2.28. The van der Waals surface area contributed by atoms with Gasteiger partial charge in [0.15, 0.2) is 0 Å². The van der Waals surface area contributed by atoms with Gasteiger partial charge >= 0.3 is 0 Å². The van der Waals surface area contributed by atoms with Crippen LogP contribution in [0.25, 0.3) is 0 Å². The highest BCUT2D eigenvalue weighted by molar-refractivity contribution is 7.99. The standard InChI is InChI=1S/C20H28N6OS/c1-25(16-5-3-2-4-6-16)17-9-7-15(8-10-17)13-21-19(27)14-28-20-22-23-24-26(20)18-11-12-18/h7-10,16,18H,2-6,11-14H2,1H3,(H,21,27). The smallest absolute Gasteiger partial charge is 0.230 e. The highest BCUT2D eigenvalue weighted by Crippen LogP contribution is 2.36. The van der Waals surface area contributed by atoms with Gasteiger partial charge in [-0.3, -0.25) is 4.79 Å². The molecule has 0 unspecified atom stereocenters. The van der Waals surface area contributed by atoms with E-state index in [1.807, 2.05) is 4.68 Å². The lowest BCUT2D eigenvalue weighted by Crippen LogP contribution is -2.33. The third kappa shape index (κ3) is 4.84. The van der Waals surface area contributed by atoms with E-state index in [1.54, 1.807) is 0 Å². The molecule has 0 radical (unpaired) electrons. The lowest BCUT2D eigenvalue weighted by molar-refractivity contribution is -0.118. The maximum atomic E-state index is 12.2. The average Bonchev–Trinajstić information content (AvgIpc) is 3.48. The van der Waals surface area contributed by atoms with E-state index in [2.05, 4.69) is 57.1 Å². The second-order valence-corrected chi connectivity index (χ2v) is 8.71. The van der Waals surface area contributed by atoms with Crippen LogP contribution < -0.4 is 10.2 Å². The molecule has 2 aliphatic rings. The third-order valence-electron chi connectivity index (χ3n) is 5.64. The van der Waals surface area contributed by atoms with Crippen molar-refractivity contribution in [1.29, 1.82) is 0 Å². The van der Waals surface area contributed by atoms with Gasteiger partial charge in [0.05, 0.1) is 11.8 Å². The molecule has 0 aliphatic heterocycles. The van der Waals surface area contributed by atoms with Crippen LogP contribution in [0.1, 0.15) is 56.6 Å². The minimum absolute atomic E-state index is 0.00116. The first-order valence-corrected chi connectivity index (χ1v) is 11.2. The van der Waals surface area contributed by atoms with E-state index in [-0.39, 0.29) is 5.91 Å². The largest absolute Gasteiger partial charge is 0.372 e. The predicted molar refractivity (Wildman–Crippen MR) is 110 cm³/mol. The van der Waals surface area contributed by atoms with Crippen LogP contribution in [-0.4, -0.2) is 45.0 Å². The number of amides is 1. The van der Waals surface area contributed by atoms with Crippen molar-refractivity contribution in [2.24, 2.45) is 0 Å². The van der Waals surface area contributed by atoms with Crippen molar-refractivity contribution in [1.82, 2.24) is 25.5 Å². The molecule has 2 fully saturated rings. The number of hydrogen-bond acceptors (Lipinski definition) is 6. The number of anilines is 1. The number of benzene rings is 1. The first-order valence-electron chi connectivity index (χ1n) is 10.2. The van der Waals surface area contributed by atoms with Crippen molar-refractivity contribution in [3.05, 3.63) is 29.8 Å². The van der Waals surface area contributed by atoms with Crippen LogP contribution in [-0.2, 0) is 11.3 Å². The van der Waals surface area contributed by atoms with E-state index >= 15 is 0 Å². The fraction of sp³-hybridized carbons (Fsp3) is 0.600. The number of rotatable bonds is 8. The van der Waals surface area contributed by atoms with Crippen LogP contribution in [0.2, 0.25) is 0 Å². The van der Waals surface area contributed by atoms with Crippen molar-refractivity contribution < 1.29 is 4.79 Å². The van der Waals surface area contributed by atoms with Gasteiger partial charge in [-0.2, -0.15) is 0 Å². The van der Waals surface area contributed by atoms with Gasteiger partial charge in [0.1, 0.15) is 0 Å². The number of tetrazole rings is 1. The number of hydrogen-bond donors (Lipinski definition) is 1. The van der Waals surface area contributed by atoms with Gasteiger partial charge in [0, 0.05) is 25.3 Å². The Morgan fingerprint density at radius 3 is 2.64 bits per heavy atom. The van der Waals surface area contributed by atoms with E-state index in [9.17, 15) is 4.79 Å². The van der Waals surface area contributed by atoms with Gasteiger partial charge in [-0.15, -0.1) is 5.10 Å². The number of nitrogens with zero attached hydrogens (tertiary/aromatic N) is 5. The average molecular weight is 401 g/mol. The van der Waals surface area contributed by atoms with Crippen LogP contribution in [0.3, 0.4) is 0 Å². The van der Waals surface area contributed by atoms with Crippen LogP contribution in [0, 0.1) is 0 Å². The van der Waals surface area contributed by atoms with E-state index < -0.39 is 0 Å². The Bertz CT molecular complexity index is 782. The summed E-state index contributed by atoms with van der Waals surface area (Å²) in [5, 5.41) is 15.5. The SMILES string of the molecule is CN(c1ccc(CNC(=O)CSc2nnnn2C2CC2)cc1)C1CCCCC1. The van der Waals surface area contributed by atoms with Gasteiger partial charge in [-0.25, -0.2) is 4.68 Å². The first-order chi connectivity index (χ1) is 13.7. The number of carbonyl (C=O) groups excluding carboxylic acids is 1. The highest BCUT2D eigenvalue weighted by atomic mass is 32.2. The van der Waals surface area contributed by atoms with Gasteiger partial charge in [0.2, 0.25) is 11.1 Å². The van der Waals surface area contributed by atoms with Gasteiger partial charge in [-0.1, -0.05) is 43.2 Å². The molecule has 0 saturated heterocycles. The monoisotopic (exact) mass is 400 g/mol. The summed E-state index contributed by atoms with van der Waals surface area (Å²) in [6.07, 6.45) is 8.87. The Kier molecular flexibility index (Phi) is 6.14. The lowest BCUT2D eigenvalue weighted by Gasteiger charge is -2.33. The van der Waals surface area contributed by atoms with Crippen molar-refractivity contribution in [3.63, 3.8) is 0 Å². The molecule has 0 spiro atoms. The number of nitrogens with one attached hydrogen (secondary N) is 1. The minimum Gasteiger partial charge on any atom is -0.372 e. The summed E-state index contributed by atoms with van der Waals surface area (Å²) in [5.41, 5.74) is 2.37. The summed E-state index contributed by atoms with van der Waals surface area (Å²) in [6, 6.07) is 9.61. The molecule has 1 N–H and O–H groups in total. The summed E-state index contributed by atoms with van der Waals surface area (Å²) in [6.45, 7) is 0.542. The zero-order valence-corrected chi connectivity index (χ0v) is 17.2. The van der Waals surface area contributed by atoms with Crippen LogP contribution in [0.5, 0.6) is 0 Å². The third-order valence-corrected chi connectivity index (χ3v) is 6.58. The molecule has 2 aliphatic carbocycles. The number of thioether (sulfide) groups is 1. The molecule has 8 heteroatoms. The molecule has 0 bridgehead atoms. The molecule has 2 aromatic rings. The van der Waals surface area contributed by atoms with Crippen LogP contribution >= 0.6 is 11.8 Å². The summed E-state index contributed by atoms with van der Waals surface area (Å²) >= 11 is 1.40. The zero-order valence-electron chi connectivity index (χ0n) is 16.4. The van der Waals surface area contributed by atoms with Gasteiger partial charge in [-0.05, 0) is 53.8 Å². The molecular weight excluding hydrogens is 372 g/mol. The Balaban J connectivity index is 1.23. The number of carbonyl (C=O) groups is 1. The van der Waals surface area contributed by atoms with Gasteiger partial charge < -0.3 is 10.2 Å². The molecule has 150 valence electrons. The summed E-state index contributed by atoms with van der Waals surface area (Å²) in [4.78, 5) is 14.6. The van der Waals surface area contributed by atoms with E-state index in [0.717, 1.165) is 23.6 Å². The normalized spacial score (nSPS) is 17.5. The molecule has 0 atom stereocenters. The van der Waals surface area contributed by atoms with E-state index in [0.29, 0.717) is 24.4 Å². The molecule has 2 saturated carbocycles. The Morgan fingerprint density at radius 2 is 1.93 bits per heavy atom. The Morgan fingerprint density at radius 1 is 1.18 bits per heavy atom. The van der Waals surface area contributed by atoms with E-state index in [4.69, 9.17) is 0 Å². The second kappa shape index (κ2) is 8.94. The first kappa shape index (κ1) is 19.2. The maximum Gasteiger partial charge on any atom is 0.230 e. The molecule has 1 aromatic carbocycles. The minimum atomic E-state index is -0.00116.